The molecule has 0 aliphatic carbocycles. The molecule has 0 spiro atoms. The summed E-state index contributed by atoms with van der Waals surface area (Å²) < 4.78 is 0. The Kier molecular flexibility index (Phi) is 4.65. The minimum Gasteiger partial charge on any atom is -0.361 e. The van der Waals surface area contributed by atoms with Crippen LogP contribution in [0, 0.1) is 5.41 Å². The molecule has 1 fully saturated rings. The number of amides is 1. The van der Waals surface area contributed by atoms with Crippen molar-refractivity contribution >= 4 is 22.8 Å². The predicted octanol–water partition coefficient (Wildman–Crippen LogP) is 1.23. The molecule has 1 heterocycles. The Balaban J connectivity index is 2.50. The molecule has 0 aromatic carbocycles. The van der Waals surface area contributed by atoms with Crippen molar-refractivity contribution in [1.82, 2.24) is 10.6 Å². The van der Waals surface area contributed by atoms with E-state index in [4.69, 9.17) is 0 Å². The van der Waals surface area contributed by atoms with E-state index < -0.39 is 5.41 Å². The van der Waals surface area contributed by atoms with Crippen molar-refractivity contribution in [2.75, 3.05) is 19.3 Å². The summed E-state index contributed by atoms with van der Waals surface area (Å²) in [4.78, 5) is 16.0. The fraction of sp³-hybridized carbons (Fsp3) is 0.818. The highest BCUT2D eigenvalue weighted by atomic mass is 32.2. The van der Waals surface area contributed by atoms with Crippen LogP contribution in [-0.4, -0.2) is 36.5 Å². The molecule has 1 atom stereocenters. The van der Waals surface area contributed by atoms with Crippen molar-refractivity contribution in [3.8, 4) is 0 Å². The summed E-state index contributed by atoms with van der Waals surface area (Å²) in [5.41, 5.74) is -0.436. The van der Waals surface area contributed by atoms with Crippen molar-refractivity contribution in [2.24, 2.45) is 10.4 Å². The summed E-state index contributed by atoms with van der Waals surface area (Å²) in [6.07, 6.45) is 1.12. The second-order valence-corrected chi connectivity index (χ2v) is 5.65. The van der Waals surface area contributed by atoms with Crippen LogP contribution >= 0.6 is 11.8 Å². The molecule has 16 heavy (non-hydrogen) atoms. The molecule has 1 aliphatic rings. The summed E-state index contributed by atoms with van der Waals surface area (Å²) in [6.45, 7) is 6.51. The van der Waals surface area contributed by atoms with Gasteiger partial charge in [-0.1, -0.05) is 18.7 Å². The van der Waals surface area contributed by atoms with Gasteiger partial charge in [-0.25, -0.2) is 0 Å². The van der Waals surface area contributed by atoms with Crippen LogP contribution in [0.4, 0.5) is 0 Å². The Labute approximate surface area is 102 Å². The number of carbonyl (C=O) groups is 1. The minimum atomic E-state index is -0.436. The molecule has 1 amide bonds. The van der Waals surface area contributed by atoms with Gasteiger partial charge in [-0.05, 0) is 20.3 Å². The van der Waals surface area contributed by atoms with E-state index in [1.165, 1.54) is 0 Å². The van der Waals surface area contributed by atoms with Gasteiger partial charge in [0, 0.05) is 18.8 Å². The van der Waals surface area contributed by atoms with Crippen LogP contribution in [-0.2, 0) is 4.79 Å². The number of carbonyl (C=O) groups excluding carboxylic acids is 1. The van der Waals surface area contributed by atoms with Crippen molar-refractivity contribution in [3.63, 3.8) is 0 Å². The summed E-state index contributed by atoms with van der Waals surface area (Å²) in [5, 5.41) is 6.99. The highest BCUT2D eigenvalue weighted by Crippen LogP contribution is 2.19. The van der Waals surface area contributed by atoms with Gasteiger partial charge in [0.05, 0.1) is 12.0 Å². The summed E-state index contributed by atoms with van der Waals surface area (Å²) in [6, 6.07) is 0.534. The lowest BCUT2D eigenvalue weighted by Crippen LogP contribution is -2.37. The van der Waals surface area contributed by atoms with Crippen molar-refractivity contribution in [2.45, 2.75) is 33.2 Å². The van der Waals surface area contributed by atoms with E-state index in [0.29, 0.717) is 12.6 Å². The zero-order valence-corrected chi connectivity index (χ0v) is 11.3. The molecule has 2 N–H and O–H groups in total. The molecule has 0 aromatic heterocycles. The Morgan fingerprint density at radius 3 is 2.88 bits per heavy atom. The first-order valence-corrected chi connectivity index (χ1v) is 6.64. The van der Waals surface area contributed by atoms with Crippen LogP contribution in [0.1, 0.15) is 27.2 Å². The van der Waals surface area contributed by atoms with Gasteiger partial charge in [-0.3, -0.25) is 9.79 Å². The Morgan fingerprint density at radius 1 is 1.69 bits per heavy atom. The number of nitrogens with one attached hydrogen (secondary N) is 2. The minimum absolute atomic E-state index is 0.0342. The number of amidine groups is 1. The standard InChI is InChI=1S/C11H21N3OS/c1-5-8-6-16-10(14-8)13-7-11(2,3)9(15)12-4/h8H,5-7H2,1-4H3,(H,12,15)(H,13,14). The van der Waals surface area contributed by atoms with Crippen LogP contribution in [0.2, 0.25) is 0 Å². The average Bonchev–Trinajstić information content (AvgIpc) is 2.73. The summed E-state index contributed by atoms with van der Waals surface area (Å²) in [7, 11) is 1.66. The van der Waals surface area contributed by atoms with Gasteiger partial charge in [0.1, 0.15) is 0 Å². The van der Waals surface area contributed by atoms with Crippen LogP contribution in [0.25, 0.3) is 0 Å². The maximum absolute atomic E-state index is 11.6. The Bertz CT molecular complexity index is 289. The van der Waals surface area contributed by atoms with Gasteiger partial charge in [0.15, 0.2) is 5.17 Å². The monoisotopic (exact) mass is 243 g/mol. The average molecular weight is 243 g/mol. The van der Waals surface area contributed by atoms with Gasteiger partial charge in [0.25, 0.3) is 0 Å². The van der Waals surface area contributed by atoms with Gasteiger partial charge in [-0.2, -0.15) is 0 Å². The fourth-order valence-corrected chi connectivity index (χ4v) is 2.51. The molecule has 1 unspecified atom stereocenters. The van der Waals surface area contributed by atoms with E-state index in [0.717, 1.165) is 17.3 Å². The lowest BCUT2D eigenvalue weighted by atomic mass is 9.93. The molecule has 92 valence electrons. The maximum Gasteiger partial charge on any atom is 0.227 e. The van der Waals surface area contributed by atoms with Gasteiger partial charge in [0.2, 0.25) is 5.91 Å². The molecule has 0 aromatic rings. The number of thioether (sulfide) groups is 1. The Morgan fingerprint density at radius 2 is 2.38 bits per heavy atom. The normalized spacial score (nSPS) is 23.2. The molecule has 5 heteroatoms. The van der Waals surface area contributed by atoms with Gasteiger partial charge in [-0.15, -0.1) is 0 Å². The highest BCUT2D eigenvalue weighted by Gasteiger charge is 2.27. The lowest BCUT2D eigenvalue weighted by Gasteiger charge is -2.20. The number of hydrogen-bond donors (Lipinski definition) is 2. The van der Waals surface area contributed by atoms with Crippen LogP contribution in [0.3, 0.4) is 0 Å². The molecule has 0 radical (unpaired) electrons. The largest absolute Gasteiger partial charge is 0.361 e. The van der Waals surface area contributed by atoms with E-state index in [1.807, 2.05) is 13.8 Å². The number of rotatable bonds is 4. The molecular weight excluding hydrogens is 222 g/mol. The predicted molar refractivity (Wildman–Crippen MR) is 69.8 cm³/mol. The van der Waals surface area contributed by atoms with E-state index in [1.54, 1.807) is 18.8 Å². The molecule has 0 saturated carbocycles. The molecule has 1 saturated heterocycles. The third kappa shape index (κ3) is 3.40. The smallest absolute Gasteiger partial charge is 0.227 e. The van der Waals surface area contributed by atoms with E-state index in [2.05, 4.69) is 22.5 Å². The molecule has 1 aliphatic heterocycles. The fourth-order valence-electron chi connectivity index (χ4n) is 1.43. The molecular formula is C11H21N3OS. The van der Waals surface area contributed by atoms with Gasteiger partial charge < -0.3 is 10.6 Å². The second kappa shape index (κ2) is 5.57. The zero-order valence-electron chi connectivity index (χ0n) is 10.5. The molecule has 4 nitrogen and oxygen atoms in total. The first-order chi connectivity index (χ1) is 7.49. The van der Waals surface area contributed by atoms with E-state index >= 15 is 0 Å². The van der Waals surface area contributed by atoms with Crippen molar-refractivity contribution in [3.05, 3.63) is 0 Å². The third-order valence-electron chi connectivity index (χ3n) is 2.70. The quantitative estimate of drug-likeness (QED) is 0.781. The maximum atomic E-state index is 11.6. The second-order valence-electron chi connectivity index (χ2n) is 4.64. The number of hydrogen-bond acceptors (Lipinski definition) is 3. The zero-order chi connectivity index (χ0) is 12.2. The van der Waals surface area contributed by atoms with Crippen molar-refractivity contribution in [1.29, 1.82) is 0 Å². The molecule has 1 rings (SSSR count). The van der Waals surface area contributed by atoms with Crippen LogP contribution < -0.4 is 10.6 Å². The Hall–Kier alpha value is -0.710. The SMILES string of the molecule is CCC1CSC(=NCC(C)(C)C(=O)NC)N1. The lowest BCUT2D eigenvalue weighted by molar-refractivity contribution is -0.128. The molecule has 0 bridgehead atoms. The summed E-state index contributed by atoms with van der Waals surface area (Å²) in [5.74, 6) is 1.11. The number of aliphatic imine (C=N–C) groups is 1. The van der Waals surface area contributed by atoms with Gasteiger partial charge >= 0.3 is 0 Å². The van der Waals surface area contributed by atoms with Crippen molar-refractivity contribution < 1.29 is 4.79 Å². The highest BCUT2D eigenvalue weighted by molar-refractivity contribution is 8.14. The third-order valence-corrected chi connectivity index (χ3v) is 3.79. The van der Waals surface area contributed by atoms with Crippen LogP contribution in [0.15, 0.2) is 4.99 Å². The summed E-state index contributed by atoms with van der Waals surface area (Å²) >= 11 is 1.74. The number of nitrogens with zero attached hydrogens (tertiary/aromatic N) is 1. The first-order valence-electron chi connectivity index (χ1n) is 5.65. The first kappa shape index (κ1) is 13.4. The van der Waals surface area contributed by atoms with E-state index in [9.17, 15) is 4.79 Å². The van der Waals surface area contributed by atoms with Crippen LogP contribution in [0.5, 0.6) is 0 Å². The van der Waals surface area contributed by atoms with E-state index in [-0.39, 0.29) is 5.91 Å². The topological polar surface area (TPSA) is 53.5 Å².